The van der Waals surface area contributed by atoms with Crippen LogP contribution in [0.5, 0.6) is 0 Å². The minimum atomic E-state index is -0.805. The molecule has 0 aliphatic carbocycles. The van der Waals surface area contributed by atoms with Crippen molar-refractivity contribution < 1.29 is 13.6 Å². The number of thiophene rings is 1. The molecule has 0 spiro atoms. The topological polar surface area (TPSA) is 20.3 Å². The number of fused-ring (bicyclic) bond motifs is 1. The minimum absolute atomic E-state index is 0.422. The predicted octanol–water partition coefficient (Wildman–Crippen LogP) is 3.22. The monoisotopic (exact) mass is 279 g/mol. The summed E-state index contributed by atoms with van der Waals surface area (Å²) in [6.07, 6.45) is 0.745. The van der Waals surface area contributed by atoms with Crippen molar-refractivity contribution in [1.29, 1.82) is 0 Å². The largest absolute Gasteiger partial charge is 0.334 e. The molecule has 0 atom stereocenters. The van der Waals surface area contributed by atoms with Crippen LogP contribution in [0.4, 0.5) is 8.78 Å². The number of carbonyl (C=O) groups is 1. The van der Waals surface area contributed by atoms with Crippen molar-refractivity contribution in [3.8, 4) is 0 Å². The first kappa shape index (κ1) is 12.3. The molecule has 0 unspecified atom stereocenters. The van der Waals surface area contributed by atoms with Gasteiger partial charge in [-0.05, 0) is 35.6 Å². The summed E-state index contributed by atoms with van der Waals surface area (Å²) >= 11 is 1.66. The Labute approximate surface area is 113 Å². The molecule has 1 aromatic heterocycles. The average Bonchev–Trinajstić information content (AvgIpc) is 2.85. The zero-order valence-electron chi connectivity index (χ0n) is 10.0. The fourth-order valence-corrected chi connectivity index (χ4v) is 3.17. The van der Waals surface area contributed by atoms with Crippen molar-refractivity contribution in [2.75, 3.05) is 6.54 Å². The van der Waals surface area contributed by atoms with Gasteiger partial charge in [-0.1, -0.05) is 6.07 Å². The lowest BCUT2D eigenvalue weighted by Crippen LogP contribution is -2.36. The summed E-state index contributed by atoms with van der Waals surface area (Å²) < 4.78 is 27.2. The molecule has 19 heavy (non-hydrogen) atoms. The van der Waals surface area contributed by atoms with Gasteiger partial charge in [0, 0.05) is 18.0 Å². The molecular formula is C14H11F2NOS. The molecule has 1 aromatic carbocycles. The molecule has 0 fully saturated rings. The summed E-state index contributed by atoms with van der Waals surface area (Å²) in [6.45, 7) is 0.922. The Morgan fingerprint density at radius 3 is 2.68 bits per heavy atom. The molecule has 0 radical (unpaired) electrons. The summed E-state index contributed by atoms with van der Waals surface area (Å²) in [4.78, 5) is 15.0. The van der Waals surface area contributed by atoms with E-state index in [4.69, 9.17) is 0 Å². The molecule has 2 heterocycles. The number of amides is 1. The van der Waals surface area contributed by atoms with Crippen LogP contribution in [0.3, 0.4) is 0 Å². The Balaban J connectivity index is 1.90. The van der Waals surface area contributed by atoms with E-state index in [2.05, 4.69) is 0 Å². The summed E-state index contributed by atoms with van der Waals surface area (Å²) in [5.41, 5.74) is 0.613. The van der Waals surface area contributed by atoms with Crippen LogP contribution in [0.1, 0.15) is 20.8 Å². The molecule has 2 nitrogen and oxygen atoms in total. The van der Waals surface area contributed by atoms with Crippen molar-refractivity contribution in [3.63, 3.8) is 0 Å². The fourth-order valence-electron chi connectivity index (χ4n) is 2.28. The third kappa shape index (κ3) is 2.14. The summed E-state index contributed by atoms with van der Waals surface area (Å²) in [5.74, 6) is -2.19. The van der Waals surface area contributed by atoms with E-state index in [9.17, 15) is 13.6 Å². The van der Waals surface area contributed by atoms with E-state index in [1.54, 1.807) is 11.3 Å². The first-order valence-electron chi connectivity index (χ1n) is 5.95. The maximum Gasteiger partial charge on any atom is 0.260 e. The Kier molecular flexibility index (Phi) is 3.06. The smallest absolute Gasteiger partial charge is 0.260 e. The maximum atomic E-state index is 13.6. The summed E-state index contributed by atoms with van der Waals surface area (Å²) in [7, 11) is 0. The quantitative estimate of drug-likeness (QED) is 0.785. The number of hydrogen-bond acceptors (Lipinski definition) is 2. The minimum Gasteiger partial charge on any atom is -0.334 e. The van der Waals surface area contributed by atoms with Crippen molar-refractivity contribution in [2.24, 2.45) is 0 Å². The second-order valence-electron chi connectivity index (χ2n) is 4.44. The predicted molar refractivity (Wildman–Crippen MR) is 69.1 cm³/mol. The average molecular weight is 279 g/mol. The van der Waals surface area contributed by atoms with Crippen LogP contribution in [-0.4, -0.2) is 17.4 Å². The first-order chi connectivity index (χ1) is 9.16. The van der Waals surface area contributed by atoms with E-state index in [0.29, 0.717) is 13.1 Å². The Bertz CT molecular complexity index is 618. The van der Waals surface area contributed by atoms with Crippen LogP contribution in [0.15, 0.2) is 29.6 Å². The number of benzene rings is 1. The molecule has 3 rings (SSSR count). The van der Waals surface area contributed by atoms with E-state index >= 15 is 0 Å². The van der Waals surface area contributed by atoms with Crippen LogP contribution < -0.4 is 0 Å². The van der Waals surface area contributed by atoms with Gasteiger partial charge >= 0.3 is 0 Å². The van der Waals surface area contributed by atoms with Crippen LogP contribution >= 0.6 is 11.3 Å². The van der Waals surface area contributed by atoms with Gasteiger partial charge in [0.05, 0.1) is 0 Å². The first-order valence-corrected chi connectivity index (χ1v) is 6.83. The van der Waals surface area contributed by atoms with Gasteiger partial charge in [-0.25, -0.2) is 8.78 Å². The molecule has 5 heteroatoms. The number of halogens is 2. The fraction of sp³-hybridized carbons (Fsp3) is 0.214. The van der Waals surface area contributed by atoms with Crippen LogP contribution in [-0.2, 0) is 13.0 Å². The van der Waals surface area contributed by atoms with Gasteiger partial charge in [-0.3, -0.25) is 4.79 Å². The number of rotatable bonds is 1. The van der Waals surface area contributed by atoms with Gasteiger partial charge in [-0.15, -0.1) is 11.3 Å². The van der Waals surface area contributed by atoms with Crippen molar-refractivity contribution in [1.82, 2.24) is 4.90 Å². The van der Waals surface area contributed by atoms with Crippen LogP contribution in [0, 0.1) is 11.6 Å². The lowest BCUT2D eigenvalue weighted by Gasteiger charge is -2.27. The molecule has 1 aliphatic rings. The number of carbonyl (C=O) groups excluding carboxylic acids is 1. The van der Waals surface area contributed by atoms with Gasteiger partial charge in [0.1, 0.15) is 17.2 Å². The molecule has 1 aliphatic heterocycles. The van der Waals surface area contributed by atoms with Crippen LogP contribution in [0.2, 0.25) is 0 Å². The number of hydrogen-bond donors (Lipinski definition) is 0. The van der Waals surface area contributed by atoms with Crippen LogP contribution in [0.25, 0.3) is 0 Å². The Hall–Kier alpha value is -1.75. The summed E-state index contributed by atoms with van der Waals surface area (Å²) in [6, 6.07) is 5.43. The highest BCUT2D eigenvalue weighted by Crippen LogP contribution is 2.26. The van der Waals surface area contributed by atoms with Gasteiger partial charge in [-0.2, -0.15) is 0 Å². The molecular weight excluding hydrogens is 268 g/mol. The normalized spacial score (nSPS) is 14.3. The second kappa shape index (κ2) is 4.74. The number of nitrogens with zero attached hydrogens (tertiary/aromatic N) is 1. The van der Waals surface area contributed by atoms with Gasteiger partial charge in [0.25, 0.3) is 5.91 Å². The van der Waals surface area contributed by atoms with Crippen molar-refractivity contribution >= 4 is 17.2 Å². The van der Waals surface area contributed by atoms with E-state index in [-0.39, 0.29) is 0 Å². The molecule has 0 saturated heterocycles. The molecule has 2 aromatic rings. The Morgan fingerprint density at radius 1 is 1.21 bits per heavy atom. The highest BCUT2D eigenvalue weighted by Gasteiger charge is 2.26. The highest BCUT2D eigenvalue weighted by molar-refractivity contribution is 7.10. The molecule has 0 N–H and O–H groups in total. The van der Waals surface area contributed by atoms with E-state index in [0.717, 1.165) is 24.1 Å². The third-order valence-corrected chi connectivity index (χ3v) is 4.29. The van der Waals surface area contributed by atoms with Gasteiger partial charge in [0.2, 0.25) is 0 Å². The van der Waals surface area contributed by atoms with Gasteiger partial charge < -0.3 is 4.90 Å². The second-order valence-corrected chi connectivity index (χ2v) is 5.44. The zero-order chi connectivity index (χ0) is 13.4. The van der Waals surface area contributed by atoms with Gasteiger partial charge in [0.15, 0.2) is 0 Å². The standard InChI is InChI=1S/C14H11F2NOS/c15-10-2-1-3-11(16)13(10)14(18)17-6-4-12-9(8-17)5-7-19-12/h1-3,5,7H,4,6,8H2. The summed E-state index contributed by atoms with van der Waals surface area (Å²) in [5, 5.41) is 1.97. The van der Waals surface area contributed by atoms with E-state index < -0.39 is 23.1 Å². The maximum absolute atomic E-state index is 13.6. The molecule has 1 amide bonds. The molecule has 0 bridgehead atoms. The Morgan fingerprint density at radius 2 is 1.95 bits per heavy atom. The highest BCUT2D eigenvalue weighted by atomic mass is 32.1. The zero-order valence-corrected chi connectivity index (χ0v) is 10.8. The van der Waals surface area contributed by atoms with Crippen molar-refractivity contribution in [3.05, 3.63) is 57.3 Å². The lowest BCUT2D eigenvalue weighted by molar-refractivity contribution is 0.0726. The molecule has 0 saturated carbocycles. The lowest BCUT2D eigenvalue weighted by atomic mass is 10.1. The SMILES string of the molecule is O=C(c1c(F)cccc1F)N1CCc2sccc2C1. The van der Waals surface area contributed by atoms with E-state index in [1.807, 2.05) is 11.4 Å². The third-order valence-electron chi connectivity index (χ3n) is 3.27. The van der Waals surface area contributed by atoms with Crippen molar-refractivity contribution in [2.45, 2.75) is 13.0 Å². The molecule has 98 valence electrons. The van der Waals surface area contributed by atoms with E-state index in [1.165, 1.54) is 15.8 Å².